The van der Waals surface area contributed by atoms with Gasteiger partial charge in [-0.1, -0.05) is 6.92 Å². The largest absolute Gasteiger partial charge is 0.354 e. The van der Waals surface area contributed by atoms with E-state index in [9.17, 15) is 4.79 Å². The third-order valence-corrected chi connectivity index (χ3v) is 3.20. The molecule has 5 nitrogen and oxygen atoms in total. The van der Waals surface area contributed by atoms with Gasteiger partial charge in [0.05, 0.1) is 0 Å². The Kier molecular flexibility index (Phi) is 4.36. The quantitative estimate of drug-likeness (QED) is 0.734. The minimum absolute atomic E-state index is 0.0398. The van der Waals surface area contributed by atoms with Gasteiger partial charge in [-0.25, -0.2) is 4.98 Å². The lowest BCUT2D eigenvalue weighted by Crippen LogP contribution is -2.35. The van der Waals surface area contributed by atoms with Crippen molar-refractivity contribution in [3.8, 4) is 0 Å². The number of rotatable bonds is 7. The van der Waals surface area contributed by atoms with Crippen LogP contribution < -0.4 is 15.8 Å². The van der Waals surface area contributed by atoms with Crippen molar-refractivity contribution in [3.63, 3.8) is 0 Å². The van der Waals surface area contributed by atoms with Crippen LogP contribution in [0.2, 0.25) is 0 Å². The molecule has 0 aliphatic heterocycles. The number of anilines is 1. The Hall–Kier alpha value is -1.36. The number of hydrogen-bond donors (Lipinski definition) is 1. The van der Waals surface area contributed by atoms with Gasteiger partial charge in [0.2, 0.25) is 0 Å². The Morgan fingerprint density at radius 3 is 2.94 bits per heavy atom. The van der Waals surface area contributed by atoms with E-state index in [1.54, 1.807) is 12.4 Å². The molecule has 1 heterocycles. The minimum Gasteiger partial charge on any atom is -0.354 e. The molecule has 1 aromatic heterocycles. The highest BCUT2D eigenvalue weighted by Crippen LogP contribution is 2.33. The van der Waals surface area contributed by atoms with E-state index < -0.39 is 0 Å². The van der Waals surface area contributed by atoms with E-state index in [1.807, 2.05) is 16.5 Å². The lowest BCUT2D eigenvalue weighted by atomic mass is 10.4. The minimum atomic E-state index is 0.0398. The first-order valence-corrected chi connectivity index (χ1v) is 6.73. The molecule has 0 unspecified atom stereocenters. The topological polar surface area (TPSA) is 50.2 Å². The highest BCUT2D eigenvalue weighted by atomic mass is 16.1. The summed E-state index contributed by atoms with van der Waals surface area (Å²) in [5, 5.41) is 3.33. The van der Waals surface area contributed by atoms with E-state index in [0.29, 0.717) is 11.9 Å². The van der Waals surface area contributed by atoms with Gasteiger partial charge in [0.25, 0.3) is 5.56 Å². The molecule has 5 heteroatoms. The molecule has 0 bridgehead atoms. The first-order valence-electron chi connectivity index (χ1n) is 6.73. The zero-order chi connectivity index (χ0) is 13.0. The molecule has 1 aliphatic rings. The molecular formula is C13H22N4O. The average Bonchev–Trinajstić information content (AvgIpc) is 3.19. The van der Waals surface area contributed by atoms with Gasteiger partial charge in [0.15, 0.2) is 5.82 Å². The van der Waals surface area contributed by atoms with Crippen molar-refractivity contribution in [1.29, 1.82) is 0 Å². The summed E-state index contributed by atoms with van der Waals surface area (Å²) in [5.74, 6) is 0.558. The molecule has 0 radical (unpaired) electrons. The fraction of sp³-hybridized carbons (Fsp3) is 0.692. The molecule has 2 rings (SSSR count). The van der Waals surface area contributed by atoms with E-state index in [4.69, 9.17) is 0 Å². The van der Waals surface area contributed by atoms with Crippen LogP contribution in [0.3, 0.4) is 0 Å². The lowest BCUT2D eigenvalue weighted by molar-refractivity contribution is 0.653. The van der Waals surface area contributed by atoms with Gasteiger partial charge in [-0.15, -0.1) is 0 Å². The summed E-state index contributed by atoms with van der Waals surface area (Å²) in [6.45, 7) is 4.84. The Balaban J connectivity index is 1.99. The molecule has 18 heavy (non-hydrogen) atoms. The van der Waals surface area contributed by atoms with Crippen LogP contribution in [0.5, 0.6) is 0 Å². The molecule has 1 saturated carbocycles. The summed E-state index contributed by atoms with van der Waals surface area (Å²) >= 11 is 0. The molecule has 1 fully saturated rings. The maximum absolute atomic E-state index is 12.2. The van der Waals surface area contributed by atoms with Crippen LogP contribution in [-0.4, -0.2) is 36.2 Å². The fourth-order valence-corrected chi connectivity index (χ4v) is 1.97. The second kappa shape index (κ2) is 6.00. The highest BCUT2D eigenvalue weighted by molar-refractivity contribution is 5.34. The molecule has 1 aromatic rings. The molecule has 0 saturated heterocycles. The predicted molar refractivity (Wildman–Crippen MR) is 73.2 cm³/mol. The van der Waals surface area contributed by atoms with Crippen LogP contribution in [0.15, 0.2) is 17.2 Å². The summed E-state index contributed by atoms with van der Waals surface area (Å²) < 4.78 is 1.82. The van der Waals surface area contributed by atoms with Crippen molar-refractivity contribution >= 4 is 5.82 Å². The van der Waals surface area contributed by atoms with Crippen LogP contribution in [0, 0.1) is 0 Å². The van der Waals surface area contributed by atoms with Gasteiger partial charge in [0.1, 0.15) is 0 Å². The second-order valence-electron chi connectivity index (χ2n) is 4.87. The van der Waals surface area contributed by atoms with E-state index in [2.05, 4.69) is 17.2 Å². The van der Waals surface area contributed by atoms with E-state index >= 15 is 0 Å². The number of likely N-dealkylation sites (N-methyl/N-ethyl adjacent to an activating group) is 1. The van der Waals surface area contributed by atoms with Gasteiger partial charge in [-0.2, -0.15) is 0 Å². The normalized spacial score (nSPS) is 14.8. The van der Waals surface area contributed by atoms with Crippen molar-refractivity contribution in [2.75, 3.05) is 31.6 Å². The predicted octanol–water partition coefficient (Wildman–Crippen LogP) is 1.01. The van der Waals surface area contributed by atoms with Gasteiger partial charge >= 0.3 is 0 Å². The third-order valence-electron chi connectivity index (χ3n) is 3.20. The molecule has 0 amide bonds. The zero-order valence-corrected chi connectivity index (χ0v) is 11.2. The number of hydrogen-bond acceptors (Lipinski definition) is 4. The maximum atomic E-state index is 12.2. The molecule has 0 atom stereocenters. The molecule has 0 aromatic carbocycles. The van der Waals surface area contributed by atoms with Crippen molar-refractivity contribution in [1.82, 2.24) is 14.9 Å². The van der Waals surface area contributed by atoms with Crippen LogP contribution in [0.4, 0.5) is 5.82 Å². The van der Waals surface area contributed by atoms with Crippen LogP contribution in [0.25, 0.3) is 0 Å². The van der Waals surface area contributed by atoms with Crippen LogP contribution in [0.1, 0.15) is 32.2 Å². The fourth-order valence-electron chi connectivity index (χ4n) is 1.97. The van der Waals surface area contributed by atoms with Crippen LogP contribution in [-0.2, 0) is 0 Å². The molecule has 1 aliphatic carbocycles. The van der Waals surface area contributed by atoms with Crippen molar-refractivity contribution < 1.29 is 0 Å². The summed E-state index contributed by atoms with van der Waals surface area (Å²) in [4.78, 5) is 18.4. The average molecular weight is 250 g/mol. The van der Waals surface area contributed by atoms with E-state index in [-0.39, 0.29) is 5.56 Å². The first-order chi connectivity index (χ1) is 8.74. The number of nitrogens with zero attached hydrogens (tertiary/aromatic N) is 3. The van der Waals surface area contributed by atoms with Gasteiger partial charge < -0.3 is 14.8 Å². The summed E-state index contributed by atoms with van der Waals surface area (Å²) in [6, 6.07) is 0.408. The van der Waals surface area contributed by atoms with Crippen molar-refractivity contribution in [2.45, 2.75) is 32.2 Å². The SMILES string of the molecule is CCCNCCN(C)c1nccn(C2CC2)c1=O. The Morgan fingerprint density at radius 1 is 1.50 bits per heavy atom. The Labute approximate surface area is 108 Å². The van der Waals surface area contributed by atoms with Gasteiger partial charge in [0, 0.05) is 38.6 Å². The van der Waals surface area contributed by atoms with Crippen molar-refractivity contribution in [2.24, 2.45) is 0 Å². The number of nitrogens with one attached hydrogen (secondary N) is 1. The Morgan fingerprint density at radius 2 is 2.28 bits per heavy atom. The molecule has 0 spiro atoms. The molecule has 100 valence electrons. The first kappa shape index (κ1) is 13.1. The van der Waals surface area contributed by atoms with E-state index in [1.165, 1.54) is 0 Å². The lowest BCUT2D eigenvalue weighted by Gasteiger charge is -2.18. The van der Waals surface area contributed by atoms with E-state index in [0.717, 1.165) is 38.9 Å². The summed E-state index contributed by atoms with van der Waals surface area (Å²) in [7, 11) is 1.93. The standard InChI is InChI=1S/C13H22N4O/c1-3-6-14-7-9-16(2)12-13(18)17(10-8-15-12)11-4-5-11/h8,10-11,14H,3-7,9H2,1-2H3. The third kappa shape index (κ3) is 3.10. The van der Waals surface area contributed by atoms with Crippen LogP contribution >= 0.6 is 0 Å². The van der Waals surface area contributed by atoms with Gasteiger partial charge in [-0.3, -0.25) is 4.79 Å². The number of aromatic nitrogens is 2. The summed E-state index contributed by atoms with van der Waals surface area (Å²) in [6.07, 6.45) is 6.88. The zero-order valence-electron chi connectivity index (χ0n) is 11.2. The van der Waals surface area contributed by atoms with Crippen molar-refractivity contribution in [3.05, 3.63) is 22.7 Å². The molecule has 1 N–H and O–H groups in total. The summed E-state index contributed by atoms with van der Waals surface area (Å²) in [5.41, 5.74) is 0.0398. The molecular weight excluding hydrogens is 228 g/mol. The second-order valence-corrected chi connectivity index (χ2v) is 4.87. The monoisotopic (exact) mass is 250 g/mol. The Bertz CT molecular complexity index is 439. The highest BCUT2D eigenvalue weighted by Gasteiger charge is 2.25. The van der Waals surface area contributed by atoms with Gasteiger partial charge in [-0.05, 0) is 25.8 Å². The maximum Gasteiger partial charge on any atom is 0.293 e. The smallest absolute Gasteiger partial charge is 0.293 e.